The van der Waals surface area contributed by atoms with Gasteiger partial charge >= 0.3 is 0 Å². The van der Waals surface area contributed by atoms with Gasteiger partial charge in [-0.3, -0.25) is 9.59 Å². The van der Waals surface area contributed by atoms with Gasteiger partial charge in [-0.1, -0.05) is 30.3 Å². The molecule has 0 bridgehead atoms. The quantitative estimate of drug-likeness (QED) is 0.435. The van der Waals surface area contributed by atoms with Gasteiger partial charge in [-0.2, -0.15) is 0 Å². The molecular weight excluding hydrogens is 478 g/mol. The number of carbonyl (C=O) groups excluding carboxylic acids is 2. The summed E-state index contributed by atoms with van der Waals surface area (Å²) in [4.78, 5) is 32.1. The molecule has 1 saturated heterocycles. The molecule has 1 aliphatic heterocycles. The lowest BCUT2D eigenvalue weighted by molar-refractivity contribution is -0.141. The van der Waals surface area contributed by atoms with Gasteiger partial charge in [0.1, 0.15) is 5.75 Å². The summed E-state index contributed by atoms with van der Waals surface area (Å²) in [6, 6.07) is 21.9. The summed E-state index contributed by atoms with van der Waals surface area (Å²) in [6.07, 6.45) is 3.47. The molecule has 198 valence electrons. The molecule has 8 nitrogen and oxygen atoms in total. The van der Waals surface area contributed by atoms with Crippen LogP contribution in [0, 0.1) is 5.92 Å². The van der Waals surface area contributed by atoms with Crippen LogP contribution in [-0.2, 0) is 16.0 Å². The van der Waals surface area contributed by atoms with Crippen molar-refractivity contribution in [2.75, 3.05) is 51.3 Å². The van der Waals surface area contributed by atoms with Crippen LogP contribution in [-0.4, -0.2) is 78.2 Å². The number of benzene rings is 2. The molecule has 0 unspecified atom stereocenters. The summed E-state index contributed by atoms with van der Waals surface area (Å²) in [5.74, 6) is 1.86. The number of methoxy groups -OCH3 is 1. The van der Waals surface area contributed by atoms with Crippen molar-refractivity contribution in [3.05, 3.63) is 72.3 Å². The van der Waals surface area contributed by atoms with E-state index in [9.17, 15) is 9.59 Å². The first-order valence-electron chi connectivity index (χ1n) is 13.4. The minimum atomic E-state index is 0.0230. The second kappa shape index (κ2) is 12.1. The van der Waals surface area contributed by atoms with Crippen molar-refractivity contribution in [3.8, 4) is 17.0 Å². The second-order valence-corrected chi connectivity index (χ2v) is 10.00. The van der Waals surface area contributed by atoms with E-state index >= 15 is 0 Å². The fraction of sp³-hybridized carbons (Fsp3) is 0.400. The van der Waals surface area contributed by atoms with Crippen molar-refractivity contribution in [1.29, 1.82) is 0 Å². The van der Waals surface area contributed by atoms with Gasteiger partial charge < -0.3 is 19.4 Å². The summed E-state index contributed by atoms with van der Waals surface area (Å²) >= 11 is 0. The van der Waals surface area contributed by atoms with Crippen LogP contribution in [0.1, 0.15) is 24.8 Å². The van der Waals surface area contributed by atoms with Crippen molar-refractivity contribution in [2.24, 2.45) is 5.92 Å². The van der Waals surface area contributed by atoms with Crippen molar-refractivity contribution in [1.82, 2.24) is 20.0 Å². The number of carbonyl (C=O) groups is 2. The first-order valence-corrected chi connectivity index (χ1v) is 13.4. The number of amides is 2. The fourth-order valence-corrected chi connectivity index (χ4v) is 4.83. The topological polar surface area (TPSA) is 78.9 Å². The molecule has 1 saturated carbocycles. The molecule has 5 rings (SSSR count). The highest BCUT2D eigenvalue weighted by Gasteiger charge is 2.34. The lowest BCUT2D eigenvalue weighted by Crippen LogP contribution is -2.45. The van der Waals surface area contributed by atoms with Crippen LogP contribution < -0.4 is 9.64 Å². The van der Waals surface area contributed by atoms with Gasteiger partial charge in [-0.15, -0.1) is 10.2 Å². The maximum atomic E-state index is 13.3. The SMILES string of the molecule is COc1ccc(-c2ccc(N3CCCN(C(=O)CN(CCc4ccccc4)C(=O)C4CC4)CC3)nn2)cc1. The Bertz CT molecular complexity index is 1210. The van der Waals surface area contributed by atoms with Gasteiger partial charge in [0, 0.05) is 44.2 Å². The third-order valence-corrected chi connectivity index (χ3v) is 7.29. The fourth-order valence-electron chi connectivity index (χ4n) is 4.83. The molecule has 1 aromatic heterocycles. The lowest BCUT2D eigenvalue weighted by Gasteiger charge is -2.27. The molecule has 38 heavy (non-hydrogen) atoms. The van der Waals surface area contributed by atoms with E-state index in [-0.39, 0.29) is 24.3 Å². The summed E-state index contributed by atoms with van der Waals surface area (Å²) < 4.78 is 5.23. The molecule has 2 aliphatic rings. The highest BCUT2D eigenvalue weighted by Crippen LogP contribution is 2.31. The summed E-state index contributed by atoms with van der Waals surface area (Å²) in [5, 5.41) is 8.91. The standard InChI is InChI=1S/C30H35N5O3/c1-38-26-12-10-24(11-13-26)27-14-15-28(32-31-27)33-17-5-18-34(21-20-33)29(36)22-35(30(37)25-8-9-25)19-16-23-6-3-2-4-7-23/h2-4,6-7,10-15,25H,5,8-9,16-22H2,1H3. The third-order valence-electron chi connectivity index (χ3n) is 7.29. The first kappa shape index (κ1) is 25.7. The van der Waals surface area contributed by atoms with Crippen LogP contribution in [0.4, 0.5) is 5.82 Å². The number of hydrogen-bond acceptors (Lipinski definition) is 6. The summed E-state index contributed by atoms with van der Waals surface area (Å²) in [5.41, 5.74) is 2.96. The van der Waals surface area contributed by atoms with Crippen molar-refractivity contribution in [3.63, 3.8) is 0 Å². The minimum Gasteiger partial charge on any atom is -0.497 e. The predicted octanol–water partition coefficient (Wildman–Crippen LogP) is 3.67. The molecule has 2 fully saturated rings. The van der Waals surface area contributed by atoms with Crippen LogP contribution in [0.15, 0.2) is 66.7 Å². The molecular formula is C30H35N5O3. The van der Waals surface area contributed by atoms with E-state index < -0.39 is 0 Å². The van der Waals surface area contributed by atoms with E-state index in [0.29, 0.717) is 26.2 Å². The Hall–Kier alpha value is -3.94. The zero-order valence-electron chi connectivity index (χ0n) is 22.0. The average molecular weight is 514 g/mol. The van der Waals surface area contributed by atoms with Crippen LogP contribution in [0.2, 0.25) is 0 Å². The van der Waals surface area contributed by atoms with Gasteiger partial charge in [-0.05, 0) is 67.6 Å². The predicted molar refractivity (Wildman–Crippen MR) is 147 cm³/mol. The van der Waals surface area contributed by atoms with E-state index in [4.69, 9.17) is 4.74 Å². The summed E-state index contributed by atoms with van der Waals surface area (Å²) in [6.45, 7) is 3.49. The number of rotatable bonds is 9. The summed E-state index contributed by atoms with van der Waals surface area (Å²) in [7, 11) is 1.65. The molecule has 0 N–H and O–H groups in total. The Kier molecular flexibility index (Phi) is 8.16. The van der Waals surface area contributed by atoms with Gasteiger partial charge in [-0.25, -0.2) is 0 Å². The third kappa shape index (κ3) is 6.49. The average Bonchev–Trinajstić information content (AvgIpc) is 3.83. The van der Waals surface area contributed by atoms with E-state index in [0.717, 1.165) is 55.1 Å². The van der Waals surface area contributed by atoms with Crippen molar-refractivity contribution < 1.29 is 14.3 Å². The van der Waals surface area contributed by atoms with Gasteiger partial charge in [0.2, 0.25) is 11.8 Å². The maximum absolute atomic E-state index is 13.3. The van der Waals surface area contributed by atoms with Crippen molar-refractivity contribution in [2.45, 2.75) is 25.7 Å². The van der Waals surface area contributed by atoms with Crippen LogP contribution >= 0.6 is 0 Å². The number of ether oxygens (including phenoxy) is 1. The smallest absolute Gasteiger partial charge is 0.242 e. The van der Waals surface area contributed by atoms with Crippen LogP contribution in [0.25, 0.3) is 11.3 Å². The van der Waals surface area contributed by atoms with E-state index in [1.807, 2.05) is 59.5 Å². The molecule has 0 atom stereocenters. The molecule has 0 spiro atoms. The maximum Gasteiger partial charge on any atom is 0.242 e. The number of aromatic nitrogens is 2. The van der Waals surface area contributed by atoms with Crippen LogP contribution in [0.3, 0.4) is 0 Å². The van der Waals surface area contributed by atoms with Crippen molar-refractivity contribution >= 4 is 17.6 Å². The second-order valence-electron chi connectivity index (χ2n) is 10.00. The Morgan fingerprint density at radius 1 is 0.921 bits per heavy atom. The monoisotopic (exact) mass is 513 g/mol. The molecule has 2 heterocycles. The van der Waals surface area contributed by atoms with Crippen LogP contribution in [0.5, 0.6) is 5.75 Å². The van der Waals surface area contributed by atoms with E-state index in [1.165, 1.54) is 5.56 Å². The highest BCUT2D eigenvalue weighted by molar-refractivity contribution is 5.87. The Balaban J connectivity index is 1.17. The van der Waals surface area contributed by atoms with E-state index in [2.05, 4.69) is 27.2 Å². The molecule has 1 aliphatic carbocycles. The normalized spacial score (nSPS) is 15.6. The van der Waals surface area contributed by atoms with Gasteiger partial charge in [0.15, 0.2) is 5.82 Å². The minimum absolute atomic E-state index is 0.0230. The zero-order valence-corrected chi connectivity index (χ0v) is 22.0. The number of hydrogen-bond donors (Lipinski definition) is 0. The number of nitrogens with zero attached hydrogens (tertiary/aromatic N) is 5. The zero-order chi connectivity index (χ0) is 26.3. The van der Waals surface area contributed by atoms with Gasteiger partial charge in [0.05, 0.1) is 19.3 Å². The molecule has 2 aromatic carbocycles. The highest BCUT2D eigenvalue weighted by atomic mass is 16.5. The first-order chi connectivity index (χ1) is 18.6. The Labute approximate surface area is 224 Å². The van der Waals surface area contributed by atoms with E-state index in [1.54, 1.807) is 12.0 Å². The Morgan fingerprint density at radius 3 is 2.39 bits per heavy atom. The molecule has 3 aromatic rings. The molecule has 8 heteroatoms. The van der Waals surface area contributed by atoms with Gasteiger partial charge in [0.25, 0.3) is 0 Å². The largest absolute Gasteiger partial charge is 0.497 e. The molecule has 0 radical (unpaired) electrons. The lowest BCUT2D eigenvalue weighted by atomic mass is 10.1. The Morgan fingerprint density at radius 2 is 1.71 bits per heavy atom. The molecule has 2 amide bonds. The number of anilines is 1.